The summed E-state index contributed by atoms with van der Waals surface area (Å²) in [6, 6.07) is 8.43. The second-order valence-electron chi connectivity index (χ2n) is 9.69. The predicted octanol–water partition coefficient (Wildman–Crippen LogP) is 3.97. The van der Waals surface area contributed by atoms with Gasteiger partial charge < -0.3 is 24.4 Å². The molecule has 0 atom stereocenters. The fourth-order valence-corrected chi connectivity index (χ4v) is 5.16. The van der Waals surface area contributed by atoms with E-state index in [9.17, 15) is 9.59 Å². The highest BCUT2D eigenvalue weighted by Gasteiger charge is 2.23. The minimum absolute atomic E-state index is 0.0408. The third-order valence-electron chi connectivity index (χ3n) is 7.20. The summed E-state index contributed by atoms with van der Waals surface area (Å²) in [5, 5.41) is 3.66. The minimum atomic E-state index is -0.600. The van der Waals surface area contributed by atoms with Gasteiger partial charge in [0.25, 0.3) is 0 Å². The first-order valence-corrected chi connectivity index (χ1v) is 12.9. The number of nitrogens with zero attached hydrogens (tertiary/aromatic N) is 5. The molecule has 3 heterocycles. The summed E-state index contributed by atoms with van der Waals surface area (Å²) < 4.78 is 7.15. The van der Waals surface area contributed by atoms with Crippen LogP contribution in [0.2, 0.25) is 0 Å². The number of anilines is 3. The molecule has 5 rings (SSSR count). The summed E-state index contributed by atoms with van der Waals surface area (Å²) in [6.45, 7) is 6.01. The highest BCUT2D eigenvalue weighted by molar-refractivity contribution is 5.93. The van der Waals surface area contributed by atoms with E-state index in [-0.39, 0.29) is 23.6 Å². The van der Waals surface area contributed by atoms with Crippen molar-refractivity contribution >= 4 is 34.3 Å². The number of esters is 1. The number of fused-ring (bicyclic) bond motifs is 1. The highest BCUT2D eigenvalue weighted by Crippen LogP contribution is 2.31. The Hall–Kier alpha value is -3.46. The van der Waals surface area contributed by atoms with Crippen molar-refractivity contribution in [1.29, 1.82) is 0 Å². The van der Waals surface area contributed by atoms with Gasteiger partial charge in [-0.2, -0.15) is 4.98 Å². The fraction of sp³-hybridized carbons (Fsp3) is 0.481. The van der Waals surface area contributed by atoms with Crippen LogP contribution in [-0.2, 0) is 4.74 Å². The summed E-state index contributed by atoms with van der Waals surface area (Å²) >= 11 is 0. The second kappa shape index (κ2) is 10.7. The van der Waals surface area contributed by atoms with Crippen LogP contribution in [0.1, 0.15) is 55.4 Å². The lowest BCUT2D eigenvalue weighted by Crippen LogP contribution is -2.44. The number of likely N-dealkylation sites (N-methyl/N-ethyl adjacent to an activating group) is 1. The lowest BCUT2D eigenvalue weighted by Gasteiger charge is -2.34. The smallest absolute Gasteiger partial charge is 0.343 e. The molecule has 1 aliphatic heterocycles. The maximum Gasteiger partial charge on any atom is 0.343 e. The van der Waals surface area contributed by atoms with E-state index < -0.39 is 5.97 Å². The number of ether oxygens (including phenoxy) is 1. The summed E-state index contributed by atoms with van der Waals surface area (Å²) in [6.07, 6.45) is 8.57. The molecule has 9 nitrogen and oxygen atoms in total. The number of benzene rings is 1. The van der Waals surface area contributed by atoms with Crippen LogP contribution in [-0.4, -0.2) is 65.2 Å². The van der Waals surface area contributed by atoms with E-state index in [4.69, 9.17) is 9.72 Å². The van der Waals surface area contributed by atoms with Crippen molar-refractivity contribution in [2.75, 3.05) is 50.1 Å². The molecule has 0 bridgehead atoms. The van der Waals surface area contributed by atoms with E-state index in [0.29, 0.717) is 17.0 Å². The summed E-state index contributed by atoms with van der Waals surface area (Å²) in [7, 11) is 2.15. The maximum absolute atomic E-state index is 13.2. The molecule has 2 aliphatic rings. The van der Waals surface area contributed by atoms with Crippen LogP contribution in [0, 0.1) is 0 Å². The molecule has 0 radical (unpaired) electrons. The van der Waals surface area contributed by atoms with Gasteiger partial charge in [-0.15, -0.1) is 0 Å². The Kier molecular flexibility index (Phi) is 7.18. The van der Waals surface area contributed by atoms with Crippen molar-refractivity contribution in [2.45, 2.75) is 45.1 Å². The molecule has 9 heteroatoms. The number of aromatic nitrogens is 3. The number of piperazine rings is 1. The van der Waals surface area contributed by atoms with E-state index in [1.165, 1.54) is 12.6 Å². The molecule has 2 aromatic heterocycles. The van der Waals surface area contributed by atoms with Crippen LogP contribution in [0.15, 0.2) is 41.5 Å². The molecular weight excluding hydrogens is 456 g/mol. The van der Waals surface area contributed by atoms with Crippen molar-refractivity contribution in [3.8, 4) is 0 Å². The van der Waals surface area contributed by atoms with Gasteiger partial charge in [0.2, 0.25) is 11.4 Å². The van der Waals surface area contributed by atoms with Crippen molar-refractivity contribution in [2.24, 2.45) is 0 Å². The van der Waals surface area contributed by atoms with Gasteiger partial charge >= 0.3 is 5.97 Å². The van der Waals surface area contributed by atoms with Crippen LogP contribution in [0.3, 0.4) is 0 Å². The van der Waals surface area contributed by atoms with Gasteiger partial charge in [0.1, 0.15) is 11.2 Å². The predicted molar refractivity (Wildman–Crippen MR) is 141 cm³/mol. The normalized spacial score (nSPS) is 17.3. The monoisotopic (exact) mass is 490 g/mol. The number of pyridine rings is 1. The molecule has 1 aliphatic carbocycles. The topological polar surface area (TPSA) is 92.6 Å². The third kappa shape index (κ3) is 5.06. The van der Waals surface area contributed by atoms with Crippen LogP contribution in [0.5, 0.6) is 0 Å². The van der Waals surface area contributed by atoms with Crippen LogP contribution >= 0.6 is 0 Å². The molecule has 1 N–H and O–H groups in total. The Balaban J connectivity index is 1.49. The van der Waals surface area contributed by atoms with Gasteiger partial charge in [0.15, 0.2) is 0 Å². The van der Waals surface area contributed by atoms with Gasteiger partial charge in [0.05, 0.1) is 12.0 Å². The first-order valence-electron chi connectivity index (χ1n) is 12.9. The first-order chi connectivity index (χ1) is 17.5. The molecule has 0 amide bonds. The second-order valence-corrected chi connectivity index (χ2v) is 9.69. The van der Waals surface area contributed by atoms with Crippen molar-refractivity contribution in [3.05, 3.63) is 52.4 Å². The summed E-state index contributed by atoms with van der Waals surface area (Å²) in [5.41, 5.74) is 2.25. The van der Waals surface area contributed by atoms with E-state index in [0.717, 1.165) is 63.2 Å². The van der Waals surface area contributed by atoms with E-state index in [1.807, 2.05) is 16.7 Å². The molecule has 3 aromatic rings. The van der Waals surface area contributed by atoms with Crippen LogP contribution in [0.4, 0.5) is 17.3 Å². The van der Waals surface area contributed by atoms with Crippen molar-refractivity contribution in [3.63, 3.8) is 0 Å². The van der Waals surface area contributed by atoms with Crippen LogP contribution in [0.25, 0.3) is 11.0 Å². The average Bonchev–Trinajstić information content (AvgIpc) is 2.90. The van der Waals surface area contributed by atoms with Gasteiger partial charge in [-0.25, -0.2) is 9.78 Å². The number of carbonyl (C=O) groups excluding carboxylic acids is 1. The fourth-order valence-electron chi connectivity index (χ4n) is 5.16. The Morgan fingerprint density at radius 1 is 1.14 bits per heavy atom. The number of nitrogens with one attached hydrogen (secondary N) is 1. The quantitative estimate of drug-likeness (QED) is 0.519. The zero-order valence-electron chi connectivity index (χ0n) is 21.1. The lowest BCUT2D eigenvalue weighted by molar-refractivity contribution is 0.0524. The van der Waals surface area contributed by atoms with Gasteiger partial charge in [0, 0.05) is 56.0 Å². The Morgan fingerprint density at radius 3 is 2.67 bits per heavy atom. The van der Waals surface area contributed by atoms with Crippen molar-refractivity contribution < 1.29 is 9.53 Å². The van der Waals surface area contributed by atoms with E-state index in [1.54, 1.807) is 13.1 Å². The lowest BCUT2D eigenvalue weighted by atomic mass is 9.95. The molecule has 36 heavy (non-hydrogen) atoms. The standard InChI is InChI=1S/C27H34N6O3/c1-3-36-26(35)23-18-33(20-9-5-4-6-10-20)25-22(24(23)34)17-28-27(30-25)29-19-8-7-11-21(16-19)32-14-12-31(2)13-15-32/h7-8,11,16-18,20H,3-6,9-10,12-15H2,1-2H3,(H,28,29,30). The van der Waals surface area contributed by atoms with Crippen LogP contribution < -0.4 is 15.6 Å². The Bertz CT molecular complexity index is 1290. The highest BCUT2D eigenvalue weighted by atomic mass is 16.5. The average molecular weight is 491 g/mol. The van der Waals surface area contributed by atoms with E-state index in [2.05, 4.69) is 39.3 Å². The zero-order chi connectivity index (χ0) is 25.1. The molecule has 0 unspecified atom stereocenters. The minimum Gasteiger partial charge on any atom is -0.462 e. The van der Waals surface area contributed by atoms with E-state index >= 15 is 0 Å². The maximum atomic E-state index is 13.2. The summed E-state index contributed by atoms with van der Waals surface area (Å²) in [4.78, 5) is 39.6. The molecule has 1 saturated heterocycles. The molecule has 2 fully saturated rings. The van der Waals surface area contributed by atoms with Gasteiger partial charge in [-0.05, 0) is 45.0 Å². The molecular formula is C27H34N6O3. The zero-order valence-corrected chi connectivity index (χ0v) is 21.1. The Labute approximate surface area is 211 Å². The molecule has 190 valence electrons. The number of rotatable bonds is 6. The molecule has 0 spiro atoms. The van der Waals surface area contributed by atoms with Gasteiger partial charge in [-0.3, -0.25) is 4.79 Å². The largest absolute Gasteiger partial charge is 0.462 e. The first kappa shape index (κ1) is 24.2. The van der Waals surface area contributed by atoms with Gasteiger partial charge in [-0.1, -0.05) is 25.3 Å². The number of carbonyl (C=O) groups is 1. The summed E-state index contributed by atoms with van der Waals surface area (Å²) in [5.74, 6) is -0.178. The molecule has 1 aromatic carbocycles. The number of hydrogen-bond donors (Lipinski definition) is 1. The SMILES string of the molecule is CCOC(=O)c1cn(C2CCCCC2)c2nc(Nc3cccc(N4CCN(C)CC4)c3)ncc2c1=O. The Morgan fingerprint density at radius 2 is 1.92 bits per heavy atom. The molecule has 1 saturated carbocycles. The number of hydrogen-bond acceptors (Lipinski definition) is 8. The van der Waals surface area contributed by atoms with Crippen molar-refractivity contribution in [1.82, 2.24) is 19.4 Å². The third-order valence-corrected chi connectivity index (χ3v) is 7.20.